The molecule has 4 rings (SSSR count). The summed E-state index contributed by atoms with van der Waals surface area (Å²) < 4.78 is 15.5. The molecule has 1 aromatic heterocycles. The first-order valence-corrected chi connectivity index (χ1v) is 9.88. The van der Waals surface area contributed by atoms with Crippen LogP contribution in [0.2, 0.25) is 0 Å². The van der Waals surface area contributed by atoms with Crippen LogP contribution in [-0.2, 0) is 4.74 Å². The first-order chi connectivity index (χ1) is 15.5. The zero-order valence-electron chi connectivity index (χ0n) is 17.7. The van der Waals surface area contributed by atoms with Gasteiger partial charge in [-0.2, -0.15) is 0 Å². The molecule has 0 unspecified atom stereocenters. The number of methoxy groups -OCH3 is 2. The van der Waals surface area contributed by atoms with Gasteiger partial charge in [-0.05, 0) is 43.3 Å². The van der Waals surface area contributed by atoms with E-state index in [1.54, 1.807) is 38.3 Å². The molecule has 0 atom stereocenters. The number of hydrogen-bond donors (Lipinski definition) is 0. The van der Waals surface area contributed by atoms with Gasteiger partial charge in [0.1, 0.15) is 5.75 Å². The topological polar surface area (TPSA) is 95.0 Å². The molecular weight excluding hydrogens is 412 g/mol. The van der Waals surface area contributed by atoms with Crippen LogP contribution >= 0.6 is 0 Å². The fraction of sp³-hybridized carbons (Fsp3) is 0.167. The maximum absolute atomic E-state index is 13.4. The minimum Gasteiger partial charge on any atom is -0.497 e. The van der Waals surface area contributed by atoms with Crippen molar-refractivity contribution in [2.75, 3.05) is 25.7 Å². The molecule has 2 aromatic carbocycles. The number of esters is 1. The average Bonchev–Trinajstić information content (AvgIpc) is 3.08. The molecule has 1 aliphatic heterocycles. The fourth-order valence-corrected chi connectivity index (χ4v) is 3.51. The number of rotatable bonds is 6. The lowest BCUT2D eigenvalue weighted by molar-refractivity contribution is 0.0526. The van der Waals surface area contributed by atoms with Crippen molar-refractivity contribution in [2.24, 2.45) is 0 Å². The van der Waals surface area contributed by atoms with Gasteiger partial charge in [-0.15, -0.1) is 0 Å². The summed E-state index contributed by atoms with van der Waals surface area (Å²) in [5, 5.41) is 0. The third-order valence-electron chi connectivity index (χ3n) is 5.04. The van der Waals surface area contributed by atoms with Crippen molar-refractivity contribution in [3.8, 4) is 22.9 Å². The number of carbonyl (C=O) groups excluding carboxylic acids is 3. The zero-order valence-corrected chi connectivity index (χ0v) is 17.7. The fourth-order valence-electron chi connectivity index (χ4n) is 3.51. The number of amides is 2. The monoisotopic (exact) mass is 432 g/mol. The summed E-state index contributed by atoms with van der Waals surface area (Å²) in [6, 6.07) is 14.6. The Hall–Kier alpha value is -4.20. The minimum absolute atomic E-state index is 0.179. The molecule has 8 nitrogen and oxygen atoms in total. The molecule has 8 heteroatoms. The van der Waals surface area contributed by atoms with E-state index in [4.69, 9.17) is 14.2 Å². The normalized spacial score (nSPS) is 12.5. The molecule has 0 radical (unpaired) electrons. The van der Waals surface area contributed by atoms with E-state index in [-0.39, 0.29) is 23.6 Å². The van der Waals surface area contributed by atoms with E-state index in [0.717, 1.165) is 4.90 Å². The van der Waals surface area contributed by atoms with Gasteiger partial charge in [-0.3, -0.25) is 9.59 Å². The molecule has 162 valence electrons. The van der Waals surface area contributed by atoms with E-state index in [1.807, 2.05) is 0 Å². The Morgan fingerprint density at radius 1 is 0.969 bits per heavy atom. The van der Waals surface area contributed by atoms with Gasteiger partial charge in [-0.25, -0.2) is 14.7 Å². The van der Waals surface area contributed by atoms with Crippen molar-refractivity contribution in [2.45, 2.75) is 6.92 Å². The van der Waals surface area contributed by atoms with Gasteiger partial charge in [-0.1, -0.05) is 12.1 Å². The second-order valence-electron chi connectivity index (χ2n) is 6.88. The van der Waals surface area contributed by atoms with Crippen molar-refractivity contribution in [1.82, 2.24) is 4.98 Å². The van der Waals surface area contributed by atoms with Crippen molar-refractivity contribution in [1.29, 1.82) is 0 Å². The van der Waals surface area contributed by atoms with Crippen molar-refractivity contribution in [3.63, 3.8) is 0 Å². The Labute approximate surface area is 184 Å². The van der Waals surface area contributed by atoms with E-state index in [2.05, 4.69) is 4.98 Å². The van der Waals surface area contributed by atoms with Crippen LogP contribution in [0.15, 0.2) is 54.6 Å². The highest BCUT2D eigenvalue weighted by molar-refractivity contribution is 6.36. The van der Waals surface area contributed by atoms with Crippen LogP contribution in [0.5, 0.6) is 11.6 Å². The maximum Gasteiger partial charge on any atom is 0.338 e. The lowest BCUT2D eigenvalue weighted by Crippen LogP contribution is -2.29. The van der Waals surface area contributed by atoms with Gasteiger partial charge in [0.15, 0.2) is 0 Å². The summed E-state index contributed by atoms with van der Waals surface area (Å²) in [5.41, 5.74) is 1.96. The number of carbonyl (C=O) groups is 3. The Kier molecular flexibility index (Phi) is 5.59. The number of nitrogens with zero attached hydrogens (tertiary/aromatic N) is 2. The van der Waals surface area contributed by atoms with Gasteiger partial charge in [0, 0.05) is 11.6 Å². The number of ether oxygens (including phenoxy) is 3. The SMILES string of the molecule is CCOC(=O)c1ccc(N2C(=O)c3cc(OC)nc(-c4cccc(OC)c4)c3C2=O)cc1. The summed E-state index contributed by atoms with van der Waals surface area (Å²) in [6.45, 7) is 1.97. The summed E-state index contributed by atoms with van der Waals surface area (Å²) >= 11 is 0. The molecule has 0 saturated carbocycles. The van der Waals surface area contributed by atoms with Gasteiger partial charge in [0.2, 0.25) is 5.88 Å². The number of imide groups is 1. The molecule has 0 spiro atoms. The molecule has 0 N–H and O–H groups in total. The second kappa shape index (κ2) is 8.50. The van der Waals surface area contributed by atoms with Crippen LogP contribution in [-0.4, -0.2) is 43.6 Å². The smallest absolute Gasteiger partial charge is 0.338 e. The molecule has 0 aliphatic carbocycles. The Morgan fingerprint density at radius 3 is 2.38 bits per heavy atom. The number of benzene rings is 2. The van der Waals surface area contributed by atoms with E-state index >= 15 is 0 Å². The lowest BCUT2D eigenvalue weighted by atomic mass is 10.0. The highest BCUT2D eigenvalue weighted by Crippen LogP contribution is 2.37. The Morgan fingerprint density at radius 2 is 1.72 bits per heavy atom. The summed E-state index contributed by atoms with van der Waals surface area (Å²) in [7, 11) is 2.98. The van der Waals surface area contributed by atoms with E-state index in [0.29, 0.717) is 28.3 Å². The van der Waals surface area contributed by atoms with Crippen LogP contribution in [0.25, 0.3) is 11.3 Å². The molecule has 0 saturated heterocycles. The predicted molar refractivity (Wildman–Crippen MR) is 116 cm³/mol. The zero-order chi connectivity index (χ0) is 22.8. The van der Waals surface area contributed by atoms with Crippen LogP contribution in [0.3, 0.4) is 0 Å². The molecule has 0 fully saturated rings. The quantitative estimate of drug-likeness (QED) is 0.432. The molecule has 1 aliphatic rings. The third kappa shape index (κ3) is 3.56. The van der Waals surface area contributed by atoms with Crippen LogP contribution in [0.4, 0.5) is 5.69 Å². The standard InChI is InChI=1S/C24H20N2O6/c1-4-32-24(29)14-8-10-16(11-9-14)26-22(27)18-13-19(31-3)25-21(20(18)23(26)28)15-6-5-7-17(12-15)30-2/h5-13H,4H2,1-3H3. The second-order valence-corrected chi connectivity index (χ2v) is 6.88. The molecule has 2 heterocycles. The number of fused-ring (bicyclic) bond motifs is 1. The number of anilines is 1. The number of pyridine rings is 1. The number of hydrogen-bond acceptors (Lipinski definition) is 7. The third-order valence-corrected chi connectivity index (χ3v) is 5.04. The Bertz CT molecular complexity index is 1220. The molecule has 3 aromatic rings. The van der Waals surface area contributed by atoms with Crippen molar-refractivity contribution in [3.05, 3.63) is 71.3 Å². The molecular formula is C24H20N2O6. The average molecular weight is 432 g/mol. The lowest BCUT2D eigenvalue weighted by Gasteiger charge is -2.14. The van der Waals surface area contributed by atoms with Gasteiger partial charge < -0.3 is 14.2 Å². The number of aromatic nitrogens is 1. The van der Waals surface area contributed by atoms with E-state index < -0.39 is 17.8 Å². The van der Waals surface area contributed by atoms with Crippen LogP contribution in [0.1, 0.15) is 38.0 Å². The molecule has 2 amide bonds. The van der Waals surface area contributed by atoms with Gasteiger partial charge in [0.25, 0.3) is 11.8 Å². The molecule has 0 bridgehead atoms. The first kappa shape index (κ1) is 21.0. The maximum atomic E-state index is 13.4. The Balaban J connectivity index is 1.79. The van der Waals surface area contributed by atoms with Crippen LogP contribution in [0, 0.1) is 0 Å². The van der Waals surface area contributed by atoms with E-state index in [9.17, 15) is 14.4 Å². The van der Waals surface area contributed by atoms with Crippen molar-refractivity contribution >= 4 is 23.5 Å². The molecule has 32 heavy (non-hydrogen) atoms. The van der Waals surface area contributed by atoms with Crippen molar-refractivity contribution < 1.29 is 28.6 Å². The highest BCUT2D eigenvalue weighted by Gasteiger charge is 2.40. The summed E-state index contributed by atoms with van der Waals surface area (Å²) in [4.78, 5) is 44.0. The minimum atomic E-state index is -0.512. The first-order valence-electron chi connectivity index (χ1n) is 9.88. The van der Waals surface area contributed by atoms with Gasteiger partial charge >= 0.3 is 5.97 Å². The highest BCUT2D eigenvalue weighted by atomic mass is 16.5. The summed E-state index contributed by atoms with van der Waals surface area (Å²) in [6.07, 6.45) is 0. The van der Waals surface area contributed by atoms with E-state index in [1.165, 1.54) is 37.4 Å². The van der Waals surface area contributed by atoms with Gasteiger partial charge in [0.05, 0.1) is 48.9 Å². The predicted octanol–water partition coefficient (Wildman–Crippen LogP) is 3.74. The summed E-state index contributed by atoms with van der Waals surface area (Å²) in [5.74, 6) is -0.692. The van der Waals surface area contributed by atoms with Crippen LogP contribution < -0.4 is 14.4 Å². The largest absolute Gasteiger partial charge is 0.497 e.